The van der Waals surface area contributed by atoms with Gasteiger partial charge >= 0.3 is 0 Å². The average molecular weight is 313 g/mol. The Morgan fingerprint density at radius 1 is 1.00 bits per heavy atom. The number of hydrogen-bond donors (Lipinski definition) is 3. The van der Waals surface area contributed by atoms with E-state index in [4.69, 9.17) is 4.74 Å². The zero-order chi connectivity index (χ0) is 16.0. The summed E-state index contributed by atoms with van der Waals surface area (Å²) in [5.41, 5.74) is 1.82. The minimum absolute atomic E-state index is 0.0741. The molecule has 0 radical (unpaired) electrons. The van der Waals surface area contributed by atoms with Crippen LogP contribution in [0.3, 0.4) is 0 Å². The highest BCUT2D eigenvalue weighted by Gasteiger charge is 2.18. The van der Waals surface area contributed by atoms with Crippen molar-refractivity contribution in [1.82, 2.24) is 10.2 Å². The van der Waals surface area contributed by atoms with Crippen molar-refractivity contribution in [3.63, 3.8) is 0 Å². The number of benzene rings is 2. The summed E-state index contributed by atoms with van der Waals surface area (Å²) in [7, 11) is 1.61. The van der Waals surface area contributed by atoms with Gasteiger partial charge in [0.05, 0.1) is 18.5 Å². The van der Waals surface area contributed by atoms with Crippen LogP contribution in [-0.2, 0) is 0 Å². The van der Waals surface area contributed by atoms with Crippen LogP contribution in [0.4, 0.5) is 20.3 Å². The van der Waals surface area contributed by atoms with Gasteiger partial charge in [-0.1, -0.05) is 0 Å². The second kappa shape index (κ2) is 5.01. The van der Waals surface area contributed by atoms with Crippen LogP contribution < -0.4 is 10.1 Å². The van der Waals surface area contributed by atoms with Crippen LogP contribution in [0.15, 0.2) is 42.5 Å². The molecule has 23 heavy (non-hydrogen) atoms. The number of anilines is 2. The molecular weight excluding hydrogens is 300 g/mol. The SMILES string of the molecule is COc1ccc2c3[nH][nH]c(Nc4cc(F)ccc4F)c-3cc2c1. The van der Waals surface area contributed by atoms with Gasteiger partial charge in [0.25, 0.3) is 0 Å². The maximum absolute atomic E-state index is 13.8. The fourth-order valence-electron chi connectivity index (χ4n) is 2.74. The van der Waals surface area contributed by atoms with Crippen LogP contribution in [0.5, 0.6) is 5.75 Å². The Bertz CT molecular complexity index is 973. The van der Waals surface area contributed by atoms with Crippen LogP contribution in [0.25, 0.3) is 22.0 Å². The molecule has 2 aliphatic rings. The molecule has 0 aromatic heterocycles. The fraction of sp³-hybridized carbons (Fsp3) is 0.0588. The average Bonchev–Trinajstić information content (AvgIpc) is 3.10. The highest BCUT2D eigenvalue weighted by molar-refractivity contribution is 6.04. The first-order valence-electron chi connectivity index (χ1n) is 7.04. The Labute approximate surface area is 130 Å². The van der Waals surface area contributed by atoms with E-state index in [0.29, 0.717) is 5.82 Å². The molecule has 1 aliphatic heterocycles. The Morgan fingerprint density at radius 3 is 2.70 bits per heavy atom. The minimum atomic E-state index is -0.521. The van der Waals surface area contributed by atoms with Crippen molar-refractivity contribution in [2.24, 2.45) is 0 Å². The zero-order valence-electron chi connectivity index (χ0n) is 12.2. The lowest BCUT2D eigenvalue weighted by molar-refractivity contribution is 0.415. The van der Waals surface area contributed by atoms with Gasteiger partial charge in [0.1, 0.15) is 23.2 Å². The van der Waals surface area contributed by atoms with Gasteiger partial charge in [-0.05, 0) is 41.8 Å². The third-order valence-electron chi connectivity index (χ3n) is 3.87. The summed E-state index contributed by atoms with van der Waals surface area (Å²) in [6.45, 7) is 0. The lowest BCUT2D eigenvalue weighted by atomic mass is 10.2. The maximum atomic E-state index is 13.8. The van der Waals surface area contributed by atoms with Crippen molar-refractivity contribution in [3.05, 3.63) is 54.1 Å². The van der Waals surface area contributed by atoms with Crippen molar-refractivity contribution in [2.75, 3.05) is 12.4 Å². The fourth-order valence-corrected chi connectivity index (χ4v) is 2.74. The number of ether oxygens (including phenoxy) is 1. The van der Waals surface area contributed by atoms with Crippen LogP contribution >= 0.6 is 0 Å². The molecule has 4 nitrogen and oxygen atoms in total. The van der Waals surface area contributed by atoms with Crippen molar-refractivity contribution >= 4 is 22.3 Å². The minimum Gasteiger partial charge on any atom is -0.497 e. The van der Waals surface area contributed by atoms with Crippen molar-refractivity contribution in [2.45, 2.75) is 0 Å². The van der Waals surface area contributed by atoms with Gasteiger partial charge in [-0.2, -0.15) is 0 Å². The van der Waals surface area contributed by atoms with E-state index in [1.807, 2.05) is 24.3 Å². The number of fused-ring (bicyclic) bond motifs is 3. The standard InChI is InChI=1S/C17H13F2N3O/c1-23-11-3-4-12-9(6-11)7-13-16(12)21-22-17(13)20-15-8-10(18)2-5-14(15)19/h2-8,20-22H,1H3. The number of rotatable bonds is 3. The number of halogens is 2. The van der Waals surface area contributed by atoms with E-state index in [0.717, 1.165) is 46.0 Å². The number of methoxy groups -OCH3 is 1. The maximum Gasteiger partial charge on any atom is 0.146 e. The molecule has 6 heteroatoms. The van der Waals surface area contributed by atoms with Gasteiger partial charge < -0.3 is 10.1 Å². The molecule has 0 atom stereocenters. The quantitative estimate of drug-likeness (QED) is 0.516. The molecule has 0 spiro atoms. The summed E-state index contributed by atoms with van der Waals surface area (Å²) in [5, 5.41) is 10.9. The van der Waals surface area contributed by atoms with Crippen molar-refractivity contribution in [1.29, 1.82) is 0 Å². The molecule has 0 amide bonds. The van der Waals surface area contributed by atoms with E-state index in [2.05, 4.69) is 15.5 Å². The Balaban J connectivity index is 1.79. The van der Waals surface area contributed by atoms with Gasteiger partial charge in [-0.25, -0.2) is 8.78 Å². The lowest BCUT2D eigenvalue weighted by Crippen LogP contribution is -1.95. The summed E-state index contributed by atoms with van der Waals surface area (Å²) < 4.78 is 32.3. The Kier molecular flexibility index (Phi) is 2.97. The van der Waals surface area contributed by atoms with Gasteiger partial charge in [-0.15, -0.1) is 0 Å². The number of aromatic amines is 2. The molecule has 0 unspecified atom stereocenters. The number of aromatic nitrogens is 2. The highest BCUT2D eigenvalue weighted by Crippen LogP contribution is 2.39. The summed E-state index contributed by atoms with van der Waals surface area (Å²) in [6, 6.07) is 11.0. The second-order valence-corrected chi connectivity index (χ2v) is 5.26. The molecule has 0 fully saturated rings. The largest absolute Gasteiger partial charge is 0.497 e. The Hall–Kier alpha value is -3.02. The van der Waals surface area contributed by atoms with E-state index >= 15 is 0 Å². The third kappa shape index (κ3) is 2.19. The molecule has 116 valence electrons. The summed E-state index contributed by atoms with van der Waals surface area (Å²) >= 11 is 0. The number of hydrogen-bond acceptors (Lipinski definition) is 2. The first-order valence-corrected chi connectivity index (χ1v) is 7.04. The van der Waals surface area contributed by atoms with Crippen LogP contribution in [-0.4, -0.2) is 17.3 Å². The smallest absolute Gasteiger partial charge is 0.146 e. The highest BCUT2D eigenvalue weighted by atomic mass is 19.1. The van der Waals surface area contributed by atoms with Crippen molar-refractivity contribution < 1.29 is 13.5 Å². The molecule has 4 rings (SSSR count). The van der Waals surface area contributed by atoms with Crippen LogP contribution in [0, 0.1) is 11.6 Å². The number of H-pyrrole nitrogens is 2. The topological polar surface area (TPSA) is 52.8 Å². The molecule has 2 aromatic rings. The molecule has 0 bridgehead atoms. The molecular formula is C17H13F2N3O. The zero-order valence-corrected chi connectivity index (χ0v) is 12.2. The lowest BCUT2D eigenvalue weighted by Gasteiger charge is -2.06. The molecule has 3 N–H and O–H groups in total. The van der Waals surface area contributed by atoms with Gasteiger partial charge in [0.2, 0.25) is 0 Å². The molecule has 2 aromatic carbocycles. The first kappa shape index (κ1) is 13.6. The van der Waals surface area contributed by atoms with Crippen molar-refractivity contribution in [3.8, 4) is 17.0 Å². The summed E-state index contributed by atoms with van der Waals surface area (Å²) in [5.74, 6) is 0.310. The van der Waals surface area contributed by atoms with E-state index in [-0.39, 0.29) is 5.69 Å². The van der Waals surface area contributed by atoms with Gasteiger partial charge in [0, 0.05) is 17.0 Å². The second-order valence-electron chi connectivity index (χ2n) is 5.26. The normalized spacial score (nSPS) is 11.3. The number of nitrogens with one attached hydrogen (secondary N) is 3. The molecule has 0 saturated heterocycles. The molecule has 1 heterocycles. The van der Waals surface area contributed by atoms with E-state index in [9.17, 15) is 8.78 Å². The predicted molar refractivity (Wildman–Crippen MR) is 85.5 cm³/mol. The van der Waals surface area contributed by atoms with Crippen LogP contribution in [0.1, 0.15) is 0 Å². The molecule has 1 aliphatic carbocycles. The third-order valence-corrected chi connectivity index (χ3v) is 3.87. The van der Waals surface area contributed by atoms with Gasteiger partial charge in [-0.3, -0.25) is 10.2 Å². The van der Waals surface area contributed by atoms with Gasteiger partial charge in [0.15, 0.2) is 0 Å². The summed E-state index contributed by atoms with van der Waals surface area (Å²) in [4.78, 5) is 0. The Morgan fingerprint density at radius 2 is 1.87 bits per heavy atom. The van der Waals surface area contributed by atoms with E-state index < -0.39 is 11.6 Å². The molecule has 0 saturated carbocycles. The predicted octanol–water partition coefficient (Wildman–Crippen LogP) is 4.63. The van der Waals surface area contributed by atoms with E-state index in [1.54, 1.807) is 7.11 Å². The first-order chi connectivity index (χ1) is 11.2. The summed E-state index contributed by atoms with van der Waals surface area (Å²) in [6.07, 6.45) is 0. The van der Waals surface area contributed by atoms with E-state index in [1.165, 1.54) is 0 Å². The monoisotopic (exact) mass is 313 g/mol. The van der Waals surface area contributed by atoms with Crippen LogP contribution in [0.2, 0.25) is 0 Å².